The minimum atomic E-state index is 0.864. The lowest BCUT2D eigenvalue weighted by molar-refractivity contribution is -0.0914. The van der Waals surface area contributed by atoms with Crippen LogP contribution in [0.15, 0.2) is 0 Å². The first-order valence-corrected chi connectivity index (χ1v) is 6.25. The minimum Gasteiger partial charge on any atom is -0.366 e. The zero-order valence-corrected chi connectivity index (χ0v) is 8.95. The Morgan fingerprint density at radius 3 is 2.79 bits per heavy atom. The highest BCUT2D eigenvalue weighted by Gasteiger charge is 2.37. The van der Waals surface area contributed by atoms with Gasteiger partial charge in [-0.3, -0.25) is 4.90 Å². The van der Waals surface area contributed by atoms with Gasteiger partial charge in [-0.25, -0.2) is 0 Å². The summed E-state index contributed by atoms with van der Waals surface area (Å²) in [5, 5.41) is 0. The third-order valence-electron chi connectivity index (χ3n) is 4.48. The Morgan fingerprint density at radius 2 is 1.86 bits per heavy atom. The second kappa shape index (κ2) is 3.82. The zero-order valence-electron chi connectivity index (χ0n) is 8.95. The van der Waals surface area contributed by atoms with Crippen LogP contribution in [0.1, 0.15) is 38.5 Å². The predicted octanol–water partition coefficient (Wildman–Crippen LogP) is 2.24. The molecule has 0 spiro atoms. The van der Waals surface area contributed by atoms with E-state index in [9.17, 15) is 0 Å². The van der Waals surface area contributed by atoms with E-state index >= 15 is 0 Å². The molecule has 2 nitrogen and oxygen atoms in total. The van der Waals surface area contributed by atoms with Gasteiger partial charge in [0.15, 0.2) is 0 Å². The first-order chi connectivity index (χ1) is 6.93. The summed E-state index contributed by atoms with van der Waals surface area (Å²) in [5.41, 5.74) is 0. The molecule has 0 bridgehead atoms. The van der Waals surface area contributed by atoms with Gasteiger partial charge in [-0.2, -0.15) is 0 Å². The lowest BCUT2D eigenvalue weighted by atomic mass is 9.72. The molecule has 0 N–H and O–H groups in total. The number of nitrogens with zero attached hydrogens (tertiary/aromatic N) is 1. The van der Waals surface area contributed by atoms with E-state index in [-0.39, 0.29) is 0 Å². The molecule has 80 valence electrons. The molecular weight excluding hydrogens is 174 g/mol. The Morgan fingerprint density at radius 1 is 1.00 bits per heavy atom. The molecule has 2 saturated heterocycles. The number of hydrogen-bond donors (Lipinski definition) is 0. The van der Waals surface area contributed by atoms with Crippen molar-refractivity contribution in [3.63, 3.8) is 0 Å². The van der Waals surface area contributed by atoms with Crippen LogP contribution in [0.2, 0.25) is 0 Å². The fraction of sp³-hybridized carbons (Fsp3) is 1.00. The molecule has 0 aromatic carbocycles. The maximum atomic E-state index is 5.54. The molecule has 3 fully saturated rings. The number of piperidine rings is 1. The van der Waals surface area contributed by atoms with Crippen LogP contribution in [0.3, 0.4) is 0 Å². The van der Waals surface area contributed by atoms with E-state index < -0.39 is 0 Å². The standard InChI is InChI=1S/C12H21NO/c1-2-4-11-8-13-9-14-6-5-12(13)7-10(11)3-1/h10-12H,1-9H2/t10-,11-,12+/m1/s1. The molecule has 1 saturated carbocycles. The van der Waals surface area contributed by atoms with Gasteiger partial charge in [-0.1, -0.05) is 19.3 Å². The van der Waals surface area contributed by atoms with Gasteiger partial charge in [0, 0.05) is 19.2 Å². The van der Waals surface area contributed by atoms with Crippen molar-refractivity contribution in [3.05, 3.63) is 0 Å². The van der Waals surface area contributed by atoms with E-state index in [2.05, 4.69) is 4.90 Å². The van der Waals surface area contributed by atoms with Crippen LogP contribution in [-0.4, -0.2) is 30.8 Å². The molecule has 1 aliphatic carbocycles. The van der Waals surface area contributed by atoms with Gasteiger partial charge in [0.05, 0.1) is 6.73 Å². The molecule has 0 aromatic rings. The molecule has 2 heterocycles. The topological polar surface area (TPSA) is 12.5 Å². The summed E-state index contributed by atoms with van der Waals surface area (Å²) in [7, 11) is 0. The van der Waals surface area contributed by atoms with Crippen LogP contribution in [0.5, 0.6) is 0 Å². The van der Waals surface area contributed by atoms with E-state index in [1.807, 2.05) is 0 Å². The summed E-state index contributed by atoms with van der Waals surface area (Å²) in [4.78, 5) is 2.59. The van der Waals surface area contributed by atoms with Crippen molar-refractivity contribution < 1.29 is 4.74 Å². The summed E-state index contributed by atoms with van der Waals surface area (Å²) in [6.07, 6.45) is 8.70. The highest BCUT2D eigenvalue weighted by atomic mass is 16.5. The summed E-state index contributed by atoms with van der Waals surface area (Å²) in [5.74, 6) is 2.06. The summed E-state index contributed by atoms with van der Waals surface area (Å²) in [6, 6.07) is 0.864. The van der Waals surface area contributed by atoms with Crippen LogP contribution < -0.4 is 0 Å². The van der Waals surface area contributed by atoms with Crippen molar-refractivity contribution in [3.8, 4) is 0 Å². The molecule has 3 aliphatic rings. The van der Waals surface area contributed by atoms with E-state index in [1.165, 1.54) is 45.1 Å². The Kier molecular flexibility index (Phi) is 2.50. The van der Waals surface area contributed by atoms with Gasteiger partial charge in [0.1, 0.15) is 0 Å². The summed E-state index contributed by atoms with van der Waals surface area (Å²) < 4.78 is 5.54. The van der Waals surface area contributed by atoms with Crippen LogP contribution >= 0.6 is 0 Å². The number of hydrogen-bond acceptors (Lipinski definition) is 2. The summed E-state index contributed by atoms with van der Waals surface area (Å²) in [6.45, 7) is 3.24. The van der Waals surface area contributed by atoms with Crippen LogP contribution in [0, 0.1) is 11.8 Å². The lowest BCUT2D eigenvalue weighted by Crippen LogP contribution is -2.51. The average Bonchev–Trinajstić information content (AvgIpc) is 2.26. The van der Waals surface area contributed by atoms with Crippen molar-refractivity contribution in [2.45, 2.75) is 44.6 Å². The molecule has 14 heavy (non-hydrogen) atoms. The first kappa shape index (κ1) is 9.17. The maximum absolute atomic E-state index is 5.54. The highest BCUT2D eigenvalue weighted by molar-refractivity contribution is 4.89. The lowest BCUT2D eigenvalue weighted by Gasteiger charge is -2.47. The molecule has 0 amide bonds. The quantitative estimate of drug-likeness (QED) is 0.588. The van der Waals surface area contributed by atoms with Gasteiger partial charge in [-0.05, 0) is 31.1 Å². The number of fused-ring (bicyclic) bond motifs is 2. The van der Waals surface area contributed by atoms with Crippen molar-refractivity contribution in [1.82, 2.24) is 4.90 Å². The zero-order chi connectivity index (χ0) is 9.38. The first-order valence-electron chi connectivity index (χ1n) is 6.25. The van der Waals surface area contributed by atoms with E-state index in [0.29, 0.717) is 0 Å². The van der Waals surface area contributed by atoms with Gasteiger partial charge in [-0.15, -0.1) is 0 Å². The molecule has 2 heteroatoms. The average molecular weight is 195 g/mol. The summed E-state index contributed by atoms with van der Waals surface area (Å²) >= 11 is 0. The molecule has 0 radical (unpaired) electrons. The van der Waals surface area contributed by atoms with Gasteiger partial charge < -0.3 is 4.74 Å². The highest BCUT2D eigenvalue weighted by Crippen LogP contribution is 2.39. The normalized spacial score (nSPS) is 44.1. The second-order valence-corrected chi connectivity index (χ2v) is 5.29. The molecule has 3 rings (SSSR count). The Labute approximate surface area is 86.6 Å². The number of rotatable bonds is 0. The van der Waals surface area contributed by atoms with Crippen LogP contribution in [-0.2, 0) is 4.74 Å². The van der Waals surface area contributed by atoms with Crippen molar-refractivity contribution in [2.24, 2.45) is 11.8 Å². The van der Waals surface area contributed by atoms with Crippen molar-refractivity contribution >= 4 is 0 Å². The van der Waals surface area contributed by atoms with Gasteiger partial charge in [0.2, 0.25) is 0 Å². The minimum absolute atomic E-state index is 0.864. The van der Waals surface area contributed by atoms with Crippen LogP contribution in [0.25, 0.3) is 0 Å². The van der Waals surface area contributed by atoms with Crippen molar-refractivity contribution in [2.75, 3.05) is 19.9 Å². The Hall–Kier alpha value is -0.0800. The van der Waals surface area contributed by atoms with E-state index in [1.54, 1.807) is 0 Å². The van der Waals surface area contributed by atoms with Gasteiger partial charge in [0.25, 0.3) is 0 Å². The Bertz CT molecular complexity index is 164. The van der Waals surface area contributed by atoms with E-state index in [4.69, 9.17) is 4.74 Å². The smallest absolute Gasteiger partial charge is 0.0992 e. The molecule has 0 aromatic heterocycles. The molecule has 0 unspecified atom stereocenters. The van der Waals surface area contributed by atoms with Gasteiger partial charge >= 0.3 is 0 Å². The largest absolute Gasteiger partial charge is 0.366 e. The van der Waals surface area contributed by atoms with Crippen LogP contribution in [0.4, 0.5) is 0 Å². The number of ether oxygens (including phenoxy) is 1. The monoisotopic (exact) mass is 195 g/mol. The SMILES string of the molecule is C1CC[C@@H]2CN3COCC[C@H]3C[C@H]2C1. The molecule has 2 aliphatic heterocycles. The maximum Gasteiger partial charge on any atom is 0.0992 e. The fourth-order valence-electron chi connectivity index (χ4n) is 3.64. The Balaban J connectivity index is 1.68. The third-order valence-corrected chi connectivity index (χ3v) is 4.48. The molecular formula is C12H21NO. The predicted molar refractivity (Wildman–Crippen MR) is 56.0 cm³/mol. The van der Waals surface area contributed by atoms with Crippen molar-refractivity contribution in [1.29, 1.82) is 0 Å². The second-order valence-electron chi connectivity index (χ2n) is 5.29. The molecule has 3 atom stereocenters. The van der Waals surface area contributed by atoms with E-state index in [0.717, 1.165) is 31.2 Å². The third kappa shape index (κ3) is 1.59. The fourth-order valence-corrected chi connectivity index (χ4v) is 3.64.